The van der Waals surface area contributed by atoms with Gasteiger partial charge in [0.1, 0.15) is 13.2 Å². The fourth-order valence-corrected chi connectivity index (χ4v) is 3.00. The maximum atomic E-state index is 6.03. The van der Waals surface area contributed by atoms with E-state index in [9.17, 15) is 0 Å². The highest BCUT2D eigenvalue weighted by Gasteiger charge is 2.33. The standard InChI is InChI=1S/C16H24N2O2/c1-11(12-3-4-12)18(2)14(10-17)13-5-6-15-16(9-13)20-8-7-19-15/h5-6,9,11-12,14H,3-4,7-8,10,17H2,1-2H3. The van der Waals surface area contributed by atoms with Crippen molar-refractivity contribution in [1.82, 2.24) is 4.90 Å². The third-order valence-electron chi connectivity index (χ3n) is 4.61. The van der Waals surface area contributed by atoms with Gasteiger partial charge in [0.25, 0.3) is 0 Å². The molecule has 0 radical (unpaired) electrons. The largest absolute Gasteiger partial charge is 0.486 e. The highest BCUT2D eigenvalue weighted by molar-refractivity contribution is 5.44. The van der Waals surface area contributed by atoms with Crippen LogP contribution < -0.4 is 15.2 Å². The second kappa shape index (κ2) is 5.62. The van der Waals surface area contributed by atoms with E-state index < -0.39 is 0 Å². The van der Waals surface area contributed by atoms with Crippen molar-refractivity contribution in [2.45, 2.75) is 31.8 Å². The van der Waals surface area contributed by atoms with Crippen LogP contribution in [0.2, 0.25) is 0 Å². The summed E-state index contributed by atoms with van der Waals surface area (Å²) in [4.78, 5) is 2.41. The molecule has 1 aliphatic carbocycles. The van der Waals surface area contributed by atoms with Gasteiger partial charge in [0, 0.05) is 18.6 Å². The van der Waals surface area contributed by atoms with Crippen LogP contribution >= 0.6 is 0 Å². The van der Waals surface area contributed by atoms with Gasteiger partial charge in [-0.15, -0.1) is 0 Å². The van der Waals surface area contributed by atoms with Gasteiger partial charge in [-0.25, -0.2) is 0 Å². The maximum absolute atomic E-state index is 6.03. The van der Waals surface area contributed by atoms with Crippen molar-refractivity contribution in [3.05, 3.63) is 23.8 Å². The Bertz CT molecular complexity index is 474. The number of nitrogens with two attached hydrogens (primary N) is 1. The fraction of sp³-hybridized carbons (Fsp3) is 0.625. The average molecular weight is 276 g/mol. The molecule has 1 aliphatic heterocycles. The summed E-state index contributed by atoms with van der Waals surface area (Å²) in [5.74, 6) is 2.53. The minimum absolute atomic E-state index is 0.237. The van der Waals surface area contributed by atoms with E-state index in [1.807, 2.05) is 6.07 Å². The molecule has 1 fully saturated rings. The van der Waals surface area contributed by atoms with Gasteiger partial charge in [-0.2, -0.15) is 0 Å². The molecule has 1 aromatic carbocycles. The van der Waals surface area contributed by atoms with E-state index in [1.54, 1.807) is 0 Å². The molecule has 0 aromatic heterocycles. The Morgan fingerprint density at radius 3 is 2.60 bits per heavy atom. The van der Waals surface area contributed by atoms with Crippen molar-refractivity contribution in [3.8, 4) is 11.5 Å². The number of rotatable bonds is 5. The summed E-state index contributed by atoms with van der Waals surface area (Å²) in [6.45, 7) is 4.18. The van der Waals surface area contributed by atoms with Crippen molar-refractivity contribution in [1.29, 1.82) is 0 Å². The SMILES string of the molecule is CC(C1CC1)N(C)C(CN)c1ccc2c(c1)OCCO2. The highest BCUT2D eigenvalue weighted by Crippen LogP contribution is 2.39. The maximum Gasteiger partial charge on any atom is 0.161 e. The normalized spacial score (nSPS) is 20.8. The first-order chi connectivity index (χ1) is 9.70. The van der Waals surface area contributed by atoms with Gasteiger partial charge in [-0.05, 0) is 50.4 Å². The first-order valence-electron chi connectivity index (χ1n) is 7.52. The first kappa shape index (κ1) is 13.7. The molecule has 0 bridgehead atoms. The van der Waals surface area contributed by atoms with Crippen LogP contribution in [0.5, 0.6) is 11.5 Å². The van der Waals surface area contributed by atoms with Crippen LogP contribution in [-0.2, 0) is 0 Å². The number of nitrogens with zero attached hydrogens (tertiary/aromatic N) is 1. The molecular weight excluding hydrogens is 252 g/mol. The summed E-state index contributed by atoms with van der Waals surface area (Å²) in [7, 11) is 2.18. The molecule has 3 rings (SSSR count). The lowest BCUT2D eigenvalue weighted by molar-refractivity contribution is 0.163. The summed E-state index contributed by atoms with van der Waals surface area (Å²) in [6.07, 6.45) is 2.70. The number of likely N-dealkylation sites (N-methyl/N-ethyl adjacent to an activating group) is 1. The summed E-state index contributed by atoms with van der Waals surface area (Å²) < 4.78 is 11.3. The minimum atomic E-state index is 0.237. The van der Waals surface area contributed by atoms with Crippen LogP contribution in [0.3, 0.4) is 0 Å². The minimum Gasteiger partial charge on any atom is -0.486 e. The summed E-state index contributed by atoms with van der Waals surface area (Å²) in [6, 6.07) is 7.02. The van der Waals surface area contributed by atoms with Crippen molar-refractivity contribution in [2.24, 2.45) is 11.7 Å². The predicted octanol–water partition coefficient (Wildman–Crippen LogP) is 2.19. The lowest BCUT2D eigenvalue weighted by Crippen LogP contribution is -2.38. The number of ether oxygens (including phenoxy) is 2. The smallest absolute Gasteiger partial charge is 0.161 e. The molecular formula is C16H24N2O2. The second-order valence-corrected chi connectivity index (χ2v) is 5.90. The van der Waals surface area contributed by atoms with Gasteiger partial charge in [0.05, 0.1) is 0 Å². The van der Waals surface area contributed by atoms with E-state index in [2.05, 4.69) is 31.0 Å². The van der Waals surface area contributed by atoms with E-state index in [4.69, 9.17) is 15.2 Å². The molecule has 4 heteroatoms. The molecule has 2 aliphatic rings. The molecule has 1 heterocycles. The van der Waals surface area contributed by atoms with Crippen molar-refractivity contribution in [3.63, 3.8) is 0 Å². The molecule has 0 spiro atoms. The third-order valence-corrected chi connectivity index (χ3v) is 4.61. The molecule has 1 saturated carbocycles. The predicted molar refractivity (Wildman–Crippen MR) is 79.2 cm³/mol. The van der Waals surface area contributed by atoms with Crippen molar-refractivity contribution >= 4 is 0 Å². The van der Waals surface area contributed by atoms with E-state index in [-0.39, 0.29) is 6.04 Å². The Kier molecular flexibility index (Phi) is 3.85. The Balaban J connectivity index is 1.81. The van der Waals surface area contributed by atoms with Crippen molar-refractivity contribution in [2.75, 3.05) is 26.8 Å². The molecule has 0 amide bonds. The van der Waals surface area contributed by atoms with Gasteiger partial charge in [0.2, 0.25) is 0 Å². The molecule has 1 aromatic rings. The number of benzene rings is 1. The zero-order valence-corrected chi connectivity index (χ0v) is 12.3. The second-order valence-electron chi connectivity index (χ2n) is 5.90. The van der Waals surface area contributed by atoms with Crippen molar-refractivity contribution < 1.29 is 9.47 Å². The fourth-order valence-electron chi connectivity index (χ4n) is 3.00. The number of hydrogen-bond donors (Lipinski definition) is 1. The van der Waals surface area contributed by atoms with Gasteiger partial charge >= 0.3 is 0 Å². The molecule has 4 nitrogen and oxygen atoms in total. The Hall–Kier alpha value is -1.26. The Morgan fingerprint density at radius 2 is 1.95 bits per heavy atom. The van der Waals surface area contributed by atoms with Crippen LogP contribution in [0.4, 0.5) is 0 Å². The topological polar surface area (TPSA) is 47.7 Å². The van der Waals surface area contributed by atoms with Crippen LogP contribution in [0.25, 0.3) is 0 Å². The van der Waals surface area contributed by atoms with Crippen LogP contribution in [0.1, 0.15) is 31.4 Å². The molecule has 20 heavy (non-hydrogen) atoms. The molecule has 2 N–H and O–H groups in total. The lowest BCUT2D eigenvalue weighted by Gasteiger charge is -2.33. The van der Waals surface area contributed by atoms with Crippen LogP contribution in [0, 0.1) is 5.92 Å². The molecule has 2 unspecified atom stereocenters. The highest BCUT2D eigenvalue weighted by atomic mass is 16.6. The van der Waals surface area contributed by atoms with E-state index in [0.717, 1.165) is 17.4 Å². The van der Waals surface area contributed by atoms with Crippen LogP contribution in [0.15, 0.2) is 18.2 Å². The zero-order chi connectivity index (χ0) is 14.1. The van der Waals surface area contributed by atoms with E-state index >= 15 is 0 Å². The lowest BCUT2D eigenvalue weighted by atomic mass is 10.0. The van der Waals surface area contributed by atoms with Crippen LogP contribution in [-0.4, -0.2) is 37.7 Å². The average Bonchev–Trinajstić information content (AvgIpc) is 3.31. The monoisotopic (exact) mass is 276 g/mol. The van der Waals surface area contributed by atoms with Gasteiger partial charge < -0.3 is 15.2 Å². The molecule has 110 valence electrons. The Morgan fingerprint density at radius 1 is 1.25 bits per heavy atom. The number of hydrogen-bond acceptors (Lipinski definition) is 4. The molecule has 0 saturated heterocycles. The van der Waals surface area contributed by atoms with E-state index in [0.29, 0.717) is 25.8 Å². The third kappa shape index (κ3) is 2.63. The van der Waals surface area contributed by atoms with E-state index in [1.165, 1.54) is 18.4 Å². The summed E-state index contributed by atoms with van der Waals surface area (Å²) in [5.41, 5.74) is 7.24. The van der Waals surface area contributed by atoms with Gasteiger partial charge in [0.15, 0.2) is 11.5 Å². The van der Waals surface area contributed by atoms with Gasteiger partial charge in [-0.1, -0.05) is 6.07 Å². The Labute approximate surface area is 120 Å². The molecule has 2 atom stereocenters. The number of fused-ring (bicyclic) bond motifs is 1. The first-order valence-corrected chi connectivity index (χ1v) is 7.52. The summed E-state index contributed by atoms with van der Waals surface area (Å²) in [5, 5.41) is 0. The van der Waals surface area contributed by atoms with Gasteiger partial charge in [-0.3, -0.25) is 4.90 Å². The quantitative estimate of drug-likeness (QED) is 0.895. The zero-order valence-electron chi connectivity index (χ0n) is 12.3. The summed E-state index contributed by atoms with van der Waals surface area (Å²) >= 11 is 0.